The molecular weight excluding hydrogens is 256 g/mol. The van der Waals surface area contributed by atoms with Crippen LogP contribution in [0.5, 0.6) is 5.75 Å². The van der Waals surface area contributed by atoms with Crippen LogP contribution >= 0.6 is 0 Å². The van der Waals surface area contributed by atoms with Gasteiger partial charge in [0.15, 0.2) is 6.10 Å². The molecule has 1 amide bonds. The molecule has 0 saturated heterocycles. The highest BCUT2D eigenvalue weighted by atomic mass is 16.5. The summed E-state index contributed by atoms with van der Waals surface area (Å²) in [6.07, 6.45) is 0.239. The van der Waals surface area contributed by atoms with Crippen molar-refractivity contribution in [3.05, 3.63) is 29.8 Å². The van der Waals surface area contributed by atoms with Crippen LogP contribution in [-0.4, -0.2) is 38.3 Å². The summed E-state index contributed by atoms with van der Waals surface area (Å²) < 4.78 is 10.5. The molecule has 1 aromatic rings. The van der Waals surface area contributed by atoms with Crippen molar-refractivity contribution in [2.45, 2.75) is 32.4 Å². The van der Waals surface area contributed by atoms with Gasteiger partial charge in [0.1, 0.15) is 5.75 Å². The van der Waals surface area contributed by atoms with E-state index in [0.29, 0.717) is 18.9 Å². The minimum absolute atomic E-state index is 0.0972. The third-order valence-electron chi connectivity index (χ3n) is 2.74. The van der Waals surface area contributed by atoms with Gasteiger partial charge in [0.05, 0.1) is 6.61 Å². The van der Waals surface area contributed by atoms with Crippen LogP contribution in [0.15, 0.2) is 24.3 Å². The van der Waals surface area contributed by atoms with Gasteiger partial charge in [0, 0.05) is 19.7 Å². The maximum Gasteiger partial charge on any atom is 0.260 e. The first-order valence-corrected chi connectivity index (χ1v) is 6.80. The molecule has 5 heteroatoms. The molecule has 0 aromatic heterocycles. The van der Waals surface area contributed by atoms with Crippen molar-refractivity contribution in [1.82, 2.24) is 5.32 Å². The third kappa shape index (κ3) is 6.04. The van der Waals surface area contributed by atoms with Crippen LogP contribution in [0, 0.1) is 0 Å². The van der Waals surface area contributed by atoms with Crippen molar-refractivity contribution >= 4 is 5.91 Å². The lowest BCUT2D eigenvalue weighted by Crippen LogP contribution is -2.37. The number of ether oxygens (including phenoxy) is 2. The van der Waals surface area contributed by atoms with Crippen LogP contribution in [0.1, 0.15) is 19.4 Å². The second-order valence-corrected chi connectivity index (χ2v) is 4.87. The summed E-state index contributed by atoms with van der Waals surface area (Å²) in [6.45, 7) is 4.65. The lowest BCUT2D eigenvalue weighted by atomic mass is 10.1. The molecule has 3 N–H and O–H groups in total. The maximum absolute atomic E-state index is 11.8. The van der Waals surface area contributed by atoms with Gasteiger partial charge in [0.25, 0.3) is 5.91 Å². The van der Waals surface area contributed by atoms with Gasteiger partial charge in [-0.05, 0) is 38.0 Å². The summed E-state index contributed by atoms with van der Waals surface area (Å²) in [5.41, 5.74) is 6.88. The Morgan fingerprint density at radius 1 is 1.40 bits per heavy atom. The van der Waals surface area contributed by atoms with Crippen LogP contribution < -0.4 is 15.8 Å². The van der Waals surface area contributed by atoms with Crippen molar-refractivity contribution in [1.29, 1.82) is 0 Å². The van der Waals surface area contributed by atoms with Crippen molar-refractivity contribution < 1.29 is 14.3 Å². The Kier molecular flexibility index (Phi) is 7.04. The largest absolute Gasteiger partial charge is 0.481 e. The fourth-order valence-electron chi connectivity index (χ4n) is 1.80. The van der Waals surface area contributed by atoms with Gasteiger partial charge in [-0.15, -0.1) is 0 Å². The number of carbonyl (C=O) groups excluding carboxylic acids is 1. The number of hydrogen-bond donors (Lipinski definition) is 2. The molecule has 0 heterocycles. The van der Waals surface area contributed by atoms with Crippen molar-refractivity contribution in [2.24, 2.45) is 5.73 Å². The minimum Gasteiger partial charge on any atom is -0.481 e. The summed E-state index contributed by atoms with van der Waals surface area (Å²) >= 11 is 0. The van der Waals surface area contributed by atoms with Gasteiger partial charge in [-0.25, -0.2) is 0 Å². The van der Waals surface area contributed by atoms with Crippen LogP contribution in [0.25, 0.3) is 0 Å². The molecule has 1 rings (SSSR count). The Morgan fingerprint density at radius 2 is 2.15 bits per heavy atom. The van der Waals surface area contributed by atoms with E-state index in [-0.39, 0.29) is 11.9 Å². The SMILES string of the molecule is COCCNC(=O)C(C)Oc1cccc(CC(C)N)c1. The van der Waals surface area contributed by atoms with Gasteiger partial charge < -0.3 is 20.5 Å². The molecule has 20 heavy (non-hydrogen) atoms. The number of nitrogens with one attached hydrogen (secondary N) is 1. The normalized spacial score (nSPS) is 13.6. The zero-order chi connectivity index (χ0) is 15.0. The van der Waals surface area contributed by atoms with E-state index in [4.69, 9.17) is 15.2 Å². The number of amides is 1. The van der Waals surface area contributed by atoms with Crippen LogP contribution in [-0.2, 0) is 16.0 Å². The average Bonchev–Trinajstić information content (AvgIpc) is 2.38. The molecule has 5 nitrogen and oxygen atoms in total. The zero-order valence-electron chi connectivity index (χ0n) is 12.4. The molecule has 0 bridgehead atoms. The second-order valence-electron chi connectivity index (χ2n) is 4.87. The number of nitrogens with two attached hydrogens (primary N) is 1. The van der Waals surface area contributed by atoms with E-state index in [2.05, 4.69) is 5.32 Å². The Morgan fingerprint density at radius 3 is 2.80 bits per heavy atom. The fraction of sp³-hybridized carbons (Fsp3) is 0.533. The number of methoxy groups -OCH3 is 1. The number of carbonyl (C=O) groups is 1. The lowest BCUT2D eigenvalue weighted by Gasteiger charge is -2.15. The van der Waals surface area contributed by atoms with Gasteiger partial charge in [0.2, 0.25) is 0 Å². The Hall–Kier alpha value is -1.59. The third-order valence-corrected chi connectivity index (χ3v) is 2.74. The highest BCUT2D eigenvalue weighted by Gasteiger charge is 2.14. The molecular formula is C15H24N2O3. The first-order chi connectivity index (χ1) is 9.52. The van der Waals surface area contributed by atoms with Gasteiger partial charge >= 0.3 is 0 Å². The number of rotatable bonds is 8. The molecule has 0 aliphatic heterocycles. The van der Waals surface area contributed by atoms with E-state index in [1.165, 1.54) is 0 Å². The summed E-state index contributed by atoms with van der Waals surface area (Å²) in [5.74, 6) is 0.525. The van der Waals surface area contributed by atoms with Crippen molar-refractivity contribution in [3.8, 4) is 5.75 Å². The molecule has 0 radical (unpaired) electrons. The monoisotopic (exact) mass is 280 g/mol. The summed E-state index contributed by atoms with van der Waals surface area (Å²) in [7, 11) is 1.59. The molecule has 0 saturated carbocycles. The Labute approximate surface area is 120 Å². The predicted molar refractivity (Wildman–Crippen MR) is 78.8 cm³/mol. The summed E-state index contributed by atoms with van der Waals surface area (Å²) in [5, 5.41) is 2.74. The quantitative estimate of drug-likeness (QED) is 0.700. The van der Waals surface area contributed by atoms with Crippen LogP contribution in [0.4, 0.5) is 0 Å². The molecule has 0 aliphatic rings. The Bertz CT molecular complexity index is 421. The topological polar surface area (TPSA) is 73.6 Å². The molecule has 2 atom stereocenters. The highest BCUT2D eigenvalue weighted by Crippen LogP contribution is 2.16. The number of benzene rings is 1. The predicted octanol–water partition coefficient (Wildman–Crippen LogP) is 1.11. The van der Waals surface area contributed by atoms with Gasteiger partial charge in [-0.2, -0.15) is 0 Å². The van der Waals surface area contributed by atoms with E-state index in [1.807, 2.05) is 31.2 Å². The molecule has 0 aliphatic carbocycles. The maximum atomic E-state index is 11.8. The first kappa shape index (κ1) is 16.5. The van der Waals surface area contributed by atoms with Gasteiger partial charge in [-0.1, -0.05) is 12.1 Å². The lowest BCUT2D eigenvalue weighted by molar-refractivity contribution is -0.127. The molecule has 0 fully saturated rings. The molecule has 1 aromatic carbocycles. The second kappa shape index (κ2) is 8.55. The summed E-state index contributed by atoms with van der Waals surface area (Å²) in [4.78, 5) is 11.8. The average molecular weight is 280 g/mol. The number of hydrogen-bond acceptors (Lipinski definition) is 4. The van der Waals surface area contributed by atoms with Crippen molar-refractivity contribution in [2.75, 3.05) is 20.3 Å². The van der Waals surface area contributed by atoms with E-state index < -0.39 is 6.10 Å². The first-order valence-electron chi connectivity index (χ1n) is 6.80. The van der Waals surface area contributed by atoms with Crippen LogP contribution in [0.2, 0.25) is 0 Å². The summed E-state index contributed by atoms with van der Waals surface area (Å²) in [6, 6.07) is 7.76. The zero-order valence-corrected chi connectivity index (χ0v) is 12.4. The smallest absolute Gasteiger partial charge is 0.260 e. The van der Waals surface area contributed by atoms with Crippen molar-refractivity contribution in [3.63, 3.8) is 0 Å². The molecule has 0 spiro atoms. The van der Waals surface area contributed by atoms with Gasteiger partial charge in [-0.3, -0.25) is 4.79 Å². The van der Waals surface area contributed by atoms with E-state index in [0.717, 1.165) is 12.0 Å². The fourth-order valence-corrected chi connectivity index (χ4v) is 1.80. The highest BCUT2D eigenvalue weighted by molar-refractivity contribution is 5.80. The molecule has 112 valence electrons. The van der Waals surface area contributed by atoms with E-state index >= 15 is 0 Å². The van der Waals surface area contributed by atoms with E-state index in [1.54, 1.807) is 14.0 Å². The standard InChI is InChI=1S/C15H24N2O3/c1-11(16)9-13-5-4-6-14(10-13)20-12(2)15(18)17-7-8-19-3/h4-6,10-12H,7-9,16H2,1-3H3,(H,17,18). The Balaban J connectivity index is 2.52. The minimum atomic E-state index is -0.544. The van der Waals surface area contributed by atoms with Crippen LogP contribution in [0.3, 0.4) is 0 Å². The molecule has 2 unspecified atom stereocenters. The van der Waals surface area contributed by atoms with E-state index in [9.17, 15) is 4.79 Å².